The first-order valence-electron chi connectivity index (χ1n) is 5.48. The molecule has 2 nitrogen and oxygen atoms in total. The molecule has 0 aliphatic carbocycles. The predicted octanol–water partition coefficient (Wildman–Crippen LogP) is 3.64. The molecule has 0 saturated carbocycles. The second-order valence-corrected chi connectivity index (χ2v) is 2.33. The van der Waals surface area contributed by atoms with Gasteiger partial charge in [-0.3, -0.25) is 4.79 Å². The van der Waals surface area contributed by atoms with E-state index in [1.807, 2.05) is 27.7 Å². The van der Waals surface area contributed by atoms with E-state index < -0.39 is 0 Å². The Hall–Kier alpha value is -1.57. The quantitative estimate of drug-likeness (QED) is 0.440. The normalized spacial score (nSPS) is 8.38. The lowest BCUT2D eigenvalue weighted by Crippen LogP contribution is -2.23. The zero-order chi connectivity index (χ0) is 13.4. The lowest BCUT2D eigenvalue weighted by atomic mass is 10.2. The second-order valence-electron chi connectivity index (χ2n) is 2.33. The van der Waals surface area contributed by atoms with Gasteiger partial charge in [0.1, 0.15) is 0 Å². The van der Waals surface area contributed by atoms with E-state index in [1.54, 1.807) is 18.2 Å². The van der Waals surface area contributed by atoms with Crippen molar-refractivity contribution >= 4 is 5.91 Å². The first kappa shape index (κ1) is 19.9. The van der Waals surface area contributed by atoms with Gasteiger partial charge in [0, 0.05) is 12.1 Å². The highest BCUT2D eigenvalue weighted by molar-refractivity contribution is 5.96. The van der Waals surface area contributed by atoms with E-state index in [0.717, 1.165) is 0 Å². The molecule has 0 unspecified atom stereocenters. The van der Waals surface area contributed by atoms with Gasteiger partial charge in [0.05, 0.1) is 0 Å². The maximum Gasteiger partial charge on any atom is 0.251 e. The number of allylic oxidation sites excluding steroid dienone is 3. The Kier molecular flexibility index (Phi) is 23.7. The molecular formula is C14H25NO. The van der Waals surface area contributed by atoms with Crippen LogP contribution < -0.4 is 5.32 Å². The Morgan fingerprint density at radius 1 is 1.25 bits per heavy atom. The standard InChI is InChI=1S/C9H13NO.C3H6.C2H6/c1-4-7-8(5-2)9(11)10-6-3;1-3-2;1-2/h4-5,7H,1-2,6H2,3H3,(H,10,11);3H,1H2,2H3;1-2H3/b8-7+;;. The molecule has 0 atom stereocenters. The highest BCUT2D eigenvalue weighted by atomic mass is 16.1. The fraction of sp³-hybridized carbons (Fsp3) is 0.357. The lowest BCUT2D eigenvalue weighted by molar-refractivity contribution is -0.117. The third-order valence-electron chi connectivity index (χ3n) is 1.12. The van der Waals surface area contributed by atoms with Crippen LogP contribution in [0.15, 0.2) is 49.6 Å². The number of carbonyl (C=O) groups excluding carboxylic acids is 1. The fourth-order valence-corrected chi connectivity index (χ4v) is 0.626. The molecule has 0 aliphatic heterocycles. The molecule has 1 amide bonds. The molecule has 0 bridgehead atoms. The van der Waals surface area contributed by atoms with Crippen LogP contribution in [-0.4, -0.2) is 12.5 Å². The van der Waals surface area contributed by atoms with E-state index in [0.29, 0.717) is 12.1 Å². The summed E-state index contributed by atoms with van der Waals surface area (Å²) in [4.78, 5) is 11.1. The van der Waals surface area contributed by atoms with Crippen LogP contribution in [0, 0.1) is 0 Å². The topological polar surface area (TPSA) is 29.1 Å². The number of hydrogen-bond acceptors (Lipinski definition) is 1. The molecule has 0 spiro atoms. The van der Waals surface area contributed by atoms with Crippen molar-refractivity contribution in [1.29, 1.82) is 0 Å². The molecule has 0 aromatic heterocycles. The van der Waals surface area contributed by atoms with Crippen LogP contribution in [0.1, 0.15) is 27.7 Å². The van der Waals surface area contributed by atoms with Crippen LogP contribution in [0.3, 0.4) is 0 Å². The fourth-order valence-electron chi connectivity index (χ4n) is 0.626. The summed E-state index contributed by atoms with van der Waals surface area (Å²) < 4.78 is 0. The van der Waals surface area contributed by atoms with Gasteiger partial charge in [-0.2, -0.15) is 0 Å². The van der Waals surface area contributed by atoms with Crippen molar-refractivity contribution in [2.45, 2.75) is 27.7 Å². The Bertz CT molecular complexity index is 227. The smallest absolute Gasteiger partial charge is 0.251 e. The molecule has 0 saturated heterocycles. The number of carbonyl (C=O) groups is 1. The van der Waals surface area contributed by atoms with Gasteiger partial charge in [0.25, 0.3) is 5.91 Å². The SMILES string of the molecule is C=C/C=C(\C=C)C(=O)NCC.C=CC.CC. The summed E-state index contributed by atoms with van der Waals surface area (Å²) in [5.74, 6) is -0.109. The number of hydrogen-bond donors (Lipinski definition) is 1. The highest BCUT2D eigenvalue weighted by Gasteiger charge is 2.00. The summed E-state index contributed by atoms with van der Waals surface area (Å²) in [5.41, 5.74) is 0.543. The second kappa shape index (κ2) is 19.1. The molecule has 0 radical (unpaired) electrons. The van der Waals surface area contributed by atoms with Crippen LogP contribution in [0.25, 0.3) is 0 Å². The summed E-state index contributed by atoms with van der Waals surface area (Å²) >= 11 is 0. The number of rotatable bonds is 4. The summed E-state index contributed by atoms with van der Waals surface area (Å²) in [6.45, 7) is 18.7. The zero-order valence-electron chi connectivity index (χ0n) is 11.0. The number of amides is 1. The van der Waals surface area contributed by atoms with E-state index >= 15 is 0 Å². The van der Waals surface area contributed by atoms with Crippen molar-refractivity contribution < 1.29 is 4.79 Å². The van der Waals surface area contributed by atoms with Gasteiger partial charge in [0.15, 0.2) is 0 Å². The van der Waals surface area contributed by atoms with Crippen molar-refractivity contribution in [3.8, 4) is 0 Å². The van der Waals surface area contributed by atoms with Gasteiger partial charge >= 0.3 is 0 Å². The Balaban J connectivity index is -0.000000289. The molecule has 1 N–H and O–H groups in total. The third kappa shape index (κ3) is 14.9. The maximum absolute atomic E-state index is 11.1. The molecular weight excluding hydrogens is 198 g/mol. The Morgan fingerprint density at radius 2 is 1.69 bits per heavy atom. The molecule has 0 fully saturated rings. The maximum atomic E-state index is 11.1. The molecule has 92 valence electrons. The summed E-state index contributed by atoms with van der Waals surface area (Å²) in [6, 6.07) is 0. The first-order chi connectivity index (χ1) is 7.67. The van der Waals surface area contributed by atoms with Crippen LogP contribution >= 0.6 is 0 Å². The van der Waals surface area contributed by atoms with Crippen molar-refractivity contribution in [3.05, 3.63) is 49.6 Å². The monoisotopic (exact) mass is 223 g/mol. The largest absolute Gasteiger partial charge is 0.352 e. The summed E-state index contributed by atoms with van der Waals surface area (Å²) in [5, 5.41) is 2.66. The minimum atomic E-state index is -0.109. The van der Waals surface area contributed by atoms with E-state index in [1.165, 1.54) is 6.08 Å². The molecule has 2 heteroatoms. The van der Waals surface area contributed by atoms with E-state index in [-0.39, 0.29) is 5.91 Å². The molecule has 0 aromatic carbocycles. The van der Waals surface area contributed by atoms with E-state index in [4.69, 9.17) is 0 Å². The molecule has 0 heterocycles. The highest BCUT2D eigenvalue weighted by Crippen LogP contribution is 1.94. The van der Waals surface area contributed by atoms with Crippen LogP contribution in [0.4, 0.5) is 0 Å². The lowest BCUT2D eigenvalue weighted by Gasteiger charge is -2.00. The minimum absolute atomic E-state index is 0.109. The van der Waals surface area contributed by atoms with Crippen molar-refractivity contribution in [1.82, 2.24) is 5.32 Å². The van der Waals surface area contributed by atoms with Crippen LogP contribution in [0.5, 0.6) is 0 Å². The zero-order valence-corrected chi connectivity index (χ0v) is 11.0. The van der Waals surface area contributed by atoms with Gasteiger partial charge in [-0.25, -0.2) is 0 Å². The van der Waals surface area contributed by atoms with E-state index in [2.05, 4.69) is 25.1 Å². The Morgan fingerprint density at radius 3 is 1.94 bits per heavy atom. The van der Waals surface area contributed by atoms with E-state index in [9.17, 15) is 4.79 Å². The third-order valence-corrected chi connectivity index (χ3v) is 1.12. The average molecular weight is 223 g/mol. The minimum Gasteiger partial charge on any atom is -0.352 e. The number of nitrogens with one attached hydrogen (secondary N) is 1. The first-order valence-corrected chi connectivity index (χ1v) is 5.48. The summed E-state index contributed by atoms with van der Waals surface area (Å²) in [7, 11) is 0. The predicted molar refractivity (Wildman–Crippen MR) is 74.4 cm³/mol. The summed E-state index contributed by atoms with van der Waals surface area (Å²) in [6.07, 6.45) is 6.44. The molecule has 0 aliphatic rings. The van der Waals surface area contributed by atoms with Crippen molar-refractivity contribution in [3.63, 3.8) is 0 Å². The Labute approximate surface area is 100 Å². The van der Waals surface area contributed by atoms with Crippen LogP contribution in [-0.2, 0) is 4.79 Å². The van der Waals surface area contributed by atoms with Crippen LogP contribution in [0.2, 0.25) is 0 Å². The molecule has 0 rings (SSSR count). The van der Waals surface area contributed by atoms with Crippen molar-refractivity contribution in [2.24, 2.45) is 0 Å². The van der Waals surface area contributed by atoms with Crippen molar-refractivity contribution in [2.75, 3.05) is 6.54 Å². The molecule has 0 aromatic rings. The van der Waals surface area contributed by atoms with Gasteiger partial charge < -0.3 is 5.32 Å². The van der Waals surface area contributed by atoms with Gasteiger partial charge in [-0.05, 0) is 13.8 Å². The van der Waals surface area contributed by atoms with Gasteiger partial charge in [0.2, 0.25) is 0 Å². The molecule has 16 heavy (non-hydrogen) atoms. The van der Waals surface area contributed by atoms with Gasteiger partial charge in [-0.1, -0.05) is 51.3 Å². The van der Waals surface area contributed by atoms with Gasteiger partial charge in [-0.15, -0.1) is 6.58 Å². The average Bonchev–Trinajstić information content (AvgIpc) is 2.30. The number of likely N-dealkylation sites (N-methyl/N-ethyl adjacent to an activating group) is 1.